The molecule has 0 amide bonds. The van der Waals surface area contributed by atoms with E-state index in [4.69, 9.17) is 14.2 Å². The maximum Gasteiger partial charge on any atom is 0.472 e. The summed E-state index contributed by atoms with van der Waals surface area (Å²) in [7, 11) is -1.03. The minimum atomic E-state index is -3.82. The van der Waals surface area contributed by atoms with Crippen molar-refractivity contribution >= 4 is 7.82 Å². The number of rotatable bonds is 4. The van der Waals surface area contributed by atoms with Crippen LogP contribution in [-0.4, -0.2) is 31.3 Å². The molecule has 3 atom stereocenters. The predicted molar refractivity (Wildman–Crippen MR) is 46.4 cm³/mol. The third-order valence-electron chi connectivity index (χ3n) is 2.18. The van der Waals surface area contributed by atoms with E-state index < -0.39 is 7.82 Å². The Kier molecular flexibility index (Phi) is 3.88. The van der Waals surface area contributed by atoms with Gasteiger partial charge in [0.15, 0.2) is 0 Å². The van der Waals surface area contributed by atoms with Gasteiger partial charge in [-0.2, -0.15) is 0 Å². The number of ether oxygens (including phenoxy) is 1. The molecular weight excluding hydrogens is 195 g/mol. The second-order valence-corrected chi connectivity index (χ2v) is 4.56. The lowest BCUT2D eigenvalue weighted by molar-refractivity contribution is 0.0812. The minimum absolute atomic E-state index is 0.141. The third kappa shape index (κ3) is 3.37. The number of hydrogen-bond donors (Lipinski definition) is 1. The zero-order valence-corrected chi connectivity index (χ0v) is 8.70. The van der Waals surface area contributed by atoms with Crippen molar-refractivity contribution in [1.29, 1.82) is 0 Å². The average Bonchev–Trinajstić information content (AvgIpc) is 2.52. The van der Waals surface area contributed by atoms with Crippen molar-refractivity contribution in [2.24, 2.45) is 0 Å². The molecule has 0 heterocycles. The van der Waals surface area contributed by atoms with Crippen molar-refractivity contribution in [2.75, 3.05) is 14.2 Å². The fourth-order valence-corrected chi connectivity index (χ4v) is 2.10. The Bertz CT molecular complexity index is 207. The molecule has 3 unspecified atom stereocenters. The van der Waals surface area contributed by atoms with Gasteiger partial charge in [0, 0.05) is 20.6 Å². The minimum Gasteiger partial charge on any atom is -0.381 e. The predicted octanol–water partition coefficient (Wildman–Crippen LogP) is 1.32. The smallest absolute Gasteiger partial charge is 0.381 e. The topological polar surface area (TPSA) is 65.0 Å². The van der Waals surface area contributed by atoms with E-state index >= 15 is 0 Å². The summed E-state index contributed by atoms with van der Waals surface area (Å²) >= 11 is 0. The molecule has 78 valence electrons. The number of methoxy groups -OCH3 is 1. The second-order valence-electron chi connectivity index (χ2n) is 3.05. The molecule has 0 aromatic rings. The van der Waals surface area contributed by atoms with Crippen LogP contribution in [0.2, 0.25) is 0 Å². The van der Waals surface area contributed by atoms with E-state index in [-0.39, 0.29) is 12.2 Å². The van der Waals surface area contributed by atoms with Gasteiger partial charge in [-0.3, -0.25) is 9.05 Å². The van der Waals surface area contributed by atoms with E-state index in [1.165, 1.54) is 0 Å². The molecule has 0 aliphatic heterocycles. The van der Waals surface area contributed by atoms with Gasteiger partial charge in [-0.1, -0.05) is 0 Å². The van der Waals surface area contributed by atoms with Crippen molar-refractivity contribution in [3.05, 3.63) is 0 Å². The van der Waals surface area contributed by atoms with E-state index in [2.05, 4.69) is 4.52 Å². The summed E-state index contributed by atoms with van der Waals surface area (Å²) in [6.07, 6.45) is 2.18. The molecule has 0 spiro atoms. The van der Waals surface area contributed by atoms with Crippen LogP contribution in [0.4, 0.5) is 0 Å². The Morgan fingerprint density at radius 2 is 1.92 bits per heavy atom. The van der Waals surface area contributed by atoms with Gasteiger partial charge in [-0.15, -0.1) is 0 Å². The van der Waals surface area contributed by atoms with E-state index in [0.717, 1.165) is 20.0 Å². The molecule has 1 aliphatic carbocycles. The van der Waals surface area contributed by atoms with Crippen molar-refractivity contribution in [1.82, 2.24) is 0 Å². The summed E-state index contributed by atoms with van der Waals surface area (Å²) in [6.45, 7) is 0. The molecule has 0 aromatic carbocycles. The van der Waals surface area contributed by atoms with Crippen LogP contribution in [0.1, 0.15) is 19.3 Å². The SMILES string of the molecule is COC1CCC(OP(=O)(O)OC)C1. The summed E-state index contributed by atoms with van der Waals surface area (Å²) < 4.78 is 25.3. The number of phosphoric ester groups is 1. The van der Waals surface area contributed by atoms with Gasteiger partial charge >= 0.3 is 7.82 Å². The Morgan fingerprint density at radius 1 is 1.31 bits per heavy atom. The highest BCUT2D eigenvalue weighted by atomic mass is 31.2. The third-order valence-corrected chi connectivity index (χ3v) is 3.21. The summed E-state index contributed by atoms with van der Waals surface area (Å²) in [6, 6.07) is 0. The van der Waals surface area contributed by atoms with Gasteiger partial charge in [-0.05, 0) is 12.8 Å². The van der Waals surface area contributed by atoms with Crippen molar-refractivity contribution in [3.63, 3.8) is 0 Å². The van der Waals surface area contributed by atoms with E-state index in [1.54, 1.807) is 7.11 Å². The Morgan fingerprint density at radius 3 is 2.38 bits per heavy atom. The molecule has 1 N–H and O–H groups in total. The molecule has 1 fully saturated rings. The zero-order chi connectivity index (χ0) is 9.90. The van der Waals surface area contributed by atoms with Crippen LogP contribution < -0.4 is 0 Å². The molecule has 1 saturated carbocycles. The van der Waals surface area contributed by atoms with Gasteiger partial charge in [0.2, 0.25) is 0 Å². The first-order valence-electron chi connectivity index (χ1n) is 4.17. The Balaban J connectivity index is 2.36. The molecule has 1 aliphatic rings. The first-order valence-corrected chi connectivity index (χ1v) is 5.66. The molecule has 13 heavy (non-hydrogen) atoms. The lowest BCUT2D eigenvalue weighted by Gasteiger charge is -2.14. The zero-order valence-electron chi connectivity index (χ0n) is 7.80. The van der Waals surface area contributed by atoms with E-state index in [1.807, 2.05) is 0 Å². The maximum absolute atomic E-state index is 11.0. The second kappa shape index (κ2) is 4.53. The highest BCUT2D eigenvalue weighted by Gasteiger charge is 2.31. The van der Waals surface area contributed by atoms with Gasteiger partial charge in [0.05, 0.1) is 12.2 Å². The quantitative estimate of drug-likeness (QED) is 0.709. The van der Waals surface area contributed by atoms with Crippen LogP contribution >= 0.6 is 7.82 Å². The summed E-state index contributed by atoms with van der Waals surface area (Å²) in [5.74, 6) is 0. The molecule has 0 aromatic heterocycles. The monoisotopic (exact) mass is 210 g/mol. The number of hydrogen-bond acceptors (Lipinski definition) is 4. The van der Waals surface area contributed by atoms with Crippen LogP contribution in [0, 0.1) is 0 Å². The lowest BCUT2D eigenvalue weighted by atomic mass is 10.3. The summed E-state index contributed by atoms with van der Waals surface area (Å²) in [5, 5.41) is 0. The van der Waals surface area contributed by atoms with Crippen LogP contribution in [-0.2, 0) is 18.3 Å². The highest BCUT2D eigenvalue weighted by Crippen LogP contribution is 2.46. The summed E-state index contributed by atoms with van der Waals surface area (Å²) in [4.78, 5) is 9.01. The molecule has 0 saturated heterocycles. The fourth-order valence-electron chi connectivity index (χ4n) is 1.44. The Hall–Kier alpha value is 0.0700. The highest BCUT2D eigenvalue weighted by molar-refractivity contribution is 7.47. The number of phosphoric acid groups is 1. The van der Waals surface area contributed by atoms with Crippen molar-refractivity contribution in [2.45, 2.75) is 31.5 Å². The fraction of sp³-hybridized carbons (Fsp3) is 1.00. The first-order chi connectivity index (χ1) is 6.07. The van der Waals surface area contributed by atoms with E-state index in [9.17, 15) is 4.57 Å². The van der Waals surface area contributed by atoms with Crippen LogP contribution in [0.25, 0.3) is 0 Å². The summed E-state index contributed by atoms with van der Waals surface area (Å²) in [5.41, 5.74) is 0. The molecule has 0 radical (unpaired) electrons. The van der Waals surface area contributed by atoms with Crippen LogP contribution in [0.5, 0.6) is 0 Å². The van der Waals surface area contributed by atoms with Gasteiger partial charge in [-0.25, -0.2) is 4.57 Å². The standard InChI is InChI=1S/C7H15O5P/c1-10-6-3-4-7(5-6)12-13(8,9)11-2/h6-7H,3-5H2,1-2H3,(H,8,9). The largest absolute Gasteiger partial charge is 0.472 e. The van der Waals surface area contributed by atoms with Crippen molar-refractivity contribution in [3.8, 4) is 0 Å². The van der Waals surface area contributed by atoms with E-state index in [0.29, 0.717) is 6.42 Å². The normalized spacial score (nSPS) is 33.2. The van der Waals surface area contributed by atoms with Crippen molar-refractivity contribution < 1.29 is 23.2 Å². The molecule has 1 rings (SSSR count). The first kappa shape index (κ1) is 11.1. The molecule has 0 bridgehead atoms. The van der Waals surface area contributed by atoms with Gasteiger partial charge < -0.3 is 9.63 Å². The van der Waals surface area contributed by atoms with Gasteiger partial charge in [0.25, 0.3) is 0 Å². The molecular formula is C7H15O5P. The van der Waals surface area contributed by atoms with Crippen LogP contribution in [0.3, 0.4) is 0 Å². The average molecular weight is 210 g/mol. The lowest BCUT2D eigenvalue weighted by Crippen LogP contribution is -2.10. The molecule has 5 nitrogen and oxygen atoms in total. The maximum atomic E-state index is 11.0. The Labute approximate surface area is 77.6 Å². The molecule has 6 heteroatoms. The van der Waals surface area contributed by atoms with Crippen LogP contribution in [0.15, 0.2) is 0 Å². The van der Waals surface area contributed by atoms with Gasteiger partial charge in [0.1, 0.15) is 0 Å².